The van der Waals surface area contributed by atoms with Crippen molar-refractivity contribution in [2.24, 2.45) is 0 Å². The highest BCUT2D eigenvalue weighted by molar-refractivity contribution is 5.98. The van der Waals surface area contributed by atoms with Crippen molar-refractivity contribution >= 4 is 17.6 Å². The maximum absolute atomic E-state index is 13.9. The Balaban J connectivity index is 2.66. The zero-order valence-electron chi connectivity index (χ0n) is 12.2. The van der Waals surface area contributed by atoms with Crippen LogP contribution in [0, 0.1) is 5.82 Å². The molecule has 2 amide bonds. The van der Waals surface area contributed by atoms with Gasteiger partial charge in [-0.05, 0) is 13.0 Å². The van der Waals surface area contributed by atoms with E-state index in [0.29, 0.717) is 13.2 Å². The summed E-state index contributed by atoms with van der Waals surface area (Å²) in [6, 6.07) is 0.459. The Morgan fingerprint density at radius 2 is 2.19 bits per heavy atom. The first-order valence-corrected chi connectivity index (χ1v) is 6.41. The van der Waals surface area contributed by atoms with Crippen molar-refractivity contribution in [2.45, 2.75) is 13.0 Å². The predicted molar refractivity (Wildman–Crippen MR) is 75.6 cm³/mol. The second kappa shape index (κ2) is 8.15. The summed E-state index contributed by atoms with van der Waals surface area (Å²) in [4.78, 5) is 27.4. The molecule has 1 rings (SSSR count). The van der Waals surface area contributed by atoms with Crippen LogP contribution in [-0.4, -0.2) is 50.1 Å². The van der Waals surface area contributed by atoms with Gasteiger partial charge in [-0.2, -0.15) is 0 Å². The van der Waals surface area contributed by atoms with Gasteiger partial charge < -0.3 is 20.7 Å². The van der Waals surface area contributed by atoms with Gasteiger partial charge in [0.15, 0.2) is 11.6 Å². The van der Waals surface area contributed by atoms with Crippen LogP contribution in [0.1, 0.15) is 17.3 Å². The summed E-state index contributed by atoms with van der Waals surface area (Å²) in [7, 11) is 3.02. The van der Waals surface area contributed by atoms with E-state index < -0.39 is 17.8 Å². The molecule has 0 aliphatic rings. The summed E-state index contributed by atoms with van der Waals surface area (Å²) in [5.74, 6) is -1.84. The smallest absolute Gasteiger partial charge is 0.255 e. The Labute approximate surface area is 122 Å². The van der Waals surface area contributed by atoms with Gasteiger partial charge in [0.25, 0.3) is 5.91 Å². The third kappa shape index (κ3) is 4.67. The van der Waals surface area contributed by atoms with Crippen molar-refractivity contribution in [2.75, 3.05) is 32.6 Å². The van der Waals surface area contributed by atoms with Crippen LogP contribution in [0.25, 0.3) is 0 Å². The quantitative estimate of drug-likeness (QED) is 0.623. The lowest BCUT2D eigenvalue weighted by Crippen LogP contribution is -2.45. The molecule has 1 aromatic rings. The molecule has 0 fully saturated rings. The molecule has 1 heterocycles. The average Bonchev–Trinajstić information content (AvgIpc) is 2.47. The first-order chi connectivity index (χ1) is 10.0. The minimum atomic E-state index is -0.792. The summed E-state index contributed by atoms with van der Waals surface area (Å²) in [5.41, 5.74) is -0.175. The molecule has 1 atom stereocenters. The Morgan fingerprint density at radius 3 is 2.81 bits per heavy atom. The summed E-state index contributed by atoms with van der Waals surface area (Å²) in [6.45, 7) is 2.22. The van der Waals surface area contributed by atoms with Gasteiger partial charge in [0, 0.05) is 26.9 Å². The van der Waals surface area contributed by atoms with E-state index in [1.807, 2.05) is 0 Å². The van der Waals surface area contributed by atoms with Crippen LogP contribution in [0.2, 0.25) is 0 Å². The van der Waals surface area contributed by atoms with Crippen molar-refractivity contribution in [3.05, 3.63) is 23.6 Å². The third-order valence-corrected chi connectivity index (χ3v) is 2.72. The number of hydrogen-bond donors (Lipinski definition) is 3. The number of nitrogens with zero attached hydrogens (tertiary/aromatic N) is 1. The van der Waals surface area contributed by atoms with Gasteiger partial charge in [0.2, 0.25) is 5.91 Å². The number of aromatic nitrogens is 1. The first-order valence-electron chi connectivity index (χ1n) is 6.41. The summed E-state index contributed by atoms with van der Waals surface area (Å²) >= 11 is 0. The molecule has 3 N–H and O–H groups in total. The summed E-state index contributed by atoms with van der Waals surface area (Å²) < 4.78 is 18.7. The van der Waals surface area contributed by atoms with E-state index in [1.54, 1.807) is 0 Å². The second-order valence-corrected chi connectivity index (χ2v) is 4.25. The summed E-state index contributed by atoms with van der Waals surface area (Å²) in [6.07, 6.45) is 1.31. The highest BCUT2D eigenvalue weighted by Gasteiger charge is 2.20. The van der Waals surface area contributed by atoms with Crippen LogP contribution in [0.3, 0.4) is 0 Å². The monoisotopic (exact) mass is 298 g/mol. The lowest BCUT2D eigenvalue weighted by Gasteiger charge is -2.14. The Bertz CT molecular complexity index is 510. The number of anilines is 1. The minimum absolute atomic E-state index is 0.0279. The van der Waals surface area contributed by atoms with E-state index in [-0.39, 0.29) is 17.3 Å². The van der Waals surface area contributed by atoms with E-state index in [9.17, 15) is 14.0 Å². The second-order valence-electron chi connectivity index (χ2n) is 4.25. The van der Waals surface area contributed by atoms with Crippen LogP contribution in [-0.2, 0) is 9.53 Å². The van der Waals surface area contributed by atoms with Crippen LogP contribution >= 0.6 is 0 Å². The molecule has 1 unspecified atom stereocenters. The van der Waals surface area contributed by atoms with Gasteiger partial charge in [0.05, 0.1) is 12.2 Å². The van der Waals surface area contributed by atoms with E-state index in [4.69, 9.17) is 4.74 Å². The van der Waals surface area contributed by atoms with E-state index in [0.717, 1.165) is 0 Å². The fourth-order valence-corrected chi connectivity index (χ4v) is 1.56. The molecular formula is C13H19FN4O3. The van der Waals surface area contributed by atoms with E-state index >= 15 is 0 Å². The standard InChI is InChI=1S/C13H19FN4O3/c1-8(12(19)17-6-7-21-3)18-13(20)9-4-5-16-11(15-2)10(9)14/h4-5,8H,6-7H2,1-3H3,(H,15,16)(H,17,19)(H,18,20). The Morgan fingerprint density at radius 1 is 1.48 bits per heavy atom. The normalized spacial score (nSPS) is 11.6. The highest BCUT2D eigenvalue weighted by Crippen LogP contribution is 2.14. The van der Waals surface area contributed by atoms with Gasteiger partial charge in [-0.25, -0.2) is 9.37 Å². The van der Waals surface area contributed by atoms with Gasteiger partial charge in [-0.3, -0.25) is 9.59 Å². The number of ether oxygens (including phenoxy) is 1. The molecule has 0 bridgehead atoms. The Kier molecular flexibility index (Phi) is 6.54. The molecule has 0 aromatic carbocycles. The highest BCUT2D eigenvalue weighted by atomic mass is 19.1. The largest absolute Gasteiger partial charge is 0.383 e. The molecular weight excluding hydrogens is 279 g/mol. The number of methoxy groups -OCH3 is 1. The number of carbonyl (C=O) groups excluding carboxylic acids is 2. The van der Waals surface area contributed by atoms with Crippen molar-refractivity contribution in [1.29, 1.82) is 0 Å². The molecule has 0 radical (unpaired) electrons. The van der Waals surface area contributed by atoms with Crippen LogP contribution in [0.5, 0.6) is 0 Å². The van der Waals surface area contributed by atoms with Crippen LogP contribution in [0.15, 0.2) is 12.3 Å². The fourth-order valence-electron chi connectivity index (χ4n) is 1.56. The molecule has 0 aliphatic heterocycles. The number of nitrogens with one attached hydrogen (secondary N) is 3. The number of pyridine rings is 1. The zero-order valence-corrected chi connectivity index (χ0v) is 12.2. The number of hydrogen-bond acceptors (Lipinski definition) is 5. The molecule has 1 aromatic heterocycles. The molecule has 0 saturated heterocycles. The van der Waals surface area contributed by atoms with Gasteiger partial charge >= 0.3 is 0 Å². The molecule has 116 valence electrons. The van der Waals surface area contributed by atoms with E-state index in [1.165, 1.54) is 33.3 Å². The lowest BCUT2D eigenvalue weighted by atomic mass is 10.2. The maximum Gasteiger partial charge on any atom is 0.255 e. The number of amides is 2. The molecule has 21 heavy (non-hydrogen) atoms. The molecule has 0 spiro atoms. The van der Waals surface area contributed by atoms with Gasteiger partial charge in [-0.15, -0.1) is 0 Å². The van der Waals surface area contributed by atoms with Crippen molar-refractivity contribution in [1.82, 2.24) is 15.6 Å². The maximum atomic E-state index is 13.9. The minimum Gasteiger partial charge on any atom is -0.383 e. The molecule has 0 aliphatic carbocycles. The first kappa shape index (κ1) is 16.8. The predicted octanol–water partition coefficient (Wildman–Crippen LogP) is 0.143. The Hall–Kier alpha value is -2.22. The molecule has 0 saturated carbocycles. The van der Waals surface area contributed by atoms with Crippen LogP contribution in [0.4, 0.5) is 10.2 Å². The fraction of sp³-hybridized carbons (Fsp3) is 0.462. The van der Waals surface area contributed by atoms with Gasteiger partial charge in [0.1, 0.15) is 6.04 Å². The summed E-state index contributed by atoms with van der Waals surface area (Å²) in [5, 5.41) is 7.55. The lowest BCUT2D eigenvalue weighted by molar-refractivity contribution is -0.122. The average molecular weight is 298 g/mol. The van der Waals surface area contributed by atoms with Gasteiger partial charge in [-0.1, -0.05) is 0 Å². The third-order valence-electron chi connectivity index (χ3n) is 2.72. The molecule has 8 heteroatoms. The van der Waals surface area contributed by atoms with Crippen molar-refractivity contribution < 1.29 is 18.7 Å². The number of halogens is 1. The number of rotatable bonds is 7. The topological polar surface area (TPSA) is 92.4 Å². The zero-order chi connectivity index (χ0) is 15.8. The van der Waals surface area contributed by atoms with Crippen molar-refractivity contribution in [3.63, 3.8) is 0 Å². The van der Waals surface area contributed by atoms with Crippen molar-refractivity contribution in [3.8, 4) is 0 Å². The molecule has 7 nitrogen and oxygen atoms in total. The van der Waals surface area contributed by atoms with E-state index in [2.05, 4.69) is 20.9 Å². The van der Waals surface area contributed by atoms with Crippen LogP contribution < -0.4 is 16.0 Å². The number of carbonyl (C=O) groups is 2. The SMILES string of the molecule is CNc1nccc(C(=O)NC(C)C(=O)NCCOC)c1F.